The second-order valence-electron chi connectivity index (χ2n) is 5.63. The fraction of sp³-hybridized carbons (Fsp3) is 0.571. The summed E-state index contributed by atoms with van der Waals surface area (Å²) in [5.41, 5.74) is 2.30. The van der Waals surface area contributed by atoms with Crippen molar-refractivity contribution < 1.29 is 4.39 Å². The smallest absolute Gasteiger partial charge is 0.130 e. The van der Waals surface area contributed by atoms with Crippen molar-refractivity contribution in [1.29, 1.82) is 0 Å². The van der Waals surface area contributed by atoms with Gasteiger partial charge in [-0.1, -0.05) is 33.5 Å². The van der Waals surface area contributed by atoms with Crippen molar-refractivity contribution >= 4 is 9.24 Å². The van der Waals surface area contributed by atoms with Gasteiger partial charge in [-0.2, -0.15) is 0 Å². The molecule has 1 aliphatic carbocycles. The van der Waals surface area contributed by atoms with Crippen molar-refractivity contribution in [2.24, 2.45) is 0 Å². The van der Waals surface area contributed by atoms with Crippen LogP contribution in [0, 0.1) is 0 Å². The lowest BCUT2D eigenvalue weighted by atomic mass is 9.87. The zero-order valence-electron chi connectivity index (χ0n) is 10.2. The summed E-state index contributed by atoms with van der Waals surface area (Å²) >= 11 is 0. The molecular weight excluding hydrogens is 232 g/mol. The van der Waals surface area contributed by atoms with Crippen LogP contribution in [0.15, 0.2) is 24.3 Å². The maximum atomic E-state index is 14.2. The predicted octanol–water partition coefficient (Wildman–Crippen LogP) is 2.97. The first-order chi connectivity index (χ1) is 8.03. The number of alkyl halides is 1. The van der Waals surface area contributed by atoms with E-state index in [1.165, 1.54) is 5.56 Å². The van der Waals surface area contributed by atoms with Crippen molar-refractivity contribution in [2.75, 3.05) is 13.1 Å². The summed E-state index contributed by atoms with van der Waals surface area (Å²) in [6.45, 7) is 3.83. The molecule has 2 unspecified atom stereocenters. The third-order valence-corrected chi connectivity index (χ3v) is 4.95. The van der Waals surface area contributed by atoms with Crippen molar-refractivity contribution in [2.45, 2.75) is 36.5 Å². The molecule has 1 aromatic rings. The van der Waals surface area contributed by atoms with Gasteiger partial charge in [0.25, 0.3) is 0 Å². The third kappa shape index (κ3) is 1.82. The molecule has 0 amide bonds. The molecule has 2 atom stereocenters. The van der Waals surface area contributed by atoms with Gasteiger partial charge in [-0.3, -0.25) is 0 Å². The Kier molecular flexibility index (Phi) is 2.57. The van der Waals surface area contributed by atoms with E-state index in [4.69, 9.17) is 0 Å². The van der Waals surface area contributed by atoms with Gasteiger partial charge in [-0.05, 0) is 30.9 Å². The van der Waals surface area contributed by atoms with E-state index >= 15 is 0 Å². The number of rotatable bonds is 3. The van der Waals surface area contributed by atoms with Crippen LogP contribution in [0.4, 0.5) is 4.39 Å². The quantitative estimate of drug-likeness (QED) is 0.814. The molecule has 1 nitrogen and oxygen atoms in total. The molecule has 1 N–H and O–H groups in total. The highest BCUT2D eigenvalue weighted by molar-refractivity contribution is 7.18. The first kappa shape index (κ1) is 11.6. The van der Waals surface area contributed by atoms with Gasteiger partial charge >= 0.3 is 0 Å². The van der Waals surface area contributed by atoms with Gasteiger partial charge in [0.05, 0.1) is 0 Å². The summed E-state index contributed by atoms with van der Waals surface area (Å²) in [7, 11) is 2.37. The van der Waals surface area contributed by atoms with Gasteiger partial charge in [0.1, 0.15) is 5.41 Å². The molecule has 0 spiro atoms. The average molecular weight is 251 g/mol. The first-order valence-electron chi connectivity index (χ1n) is 6.32. The van der Waals surface area contributed by atoms with Crippen LogP contribution >= 0.6 is 9.24 Å². The molecule has 1 saturated carbocycles. The zero-order chi connectivity index (χ0) is 12.1. The van der Waals surface area contributed by atoms with Crippen LogP contribution in [0.1, 0.15) is 36.8 Å². The molecule has 1 aromatic carbocycles. The van der Waals surface area contributed by atoms with E-state index in [0.29, 0.717) is 5.92 Å². The largest absolute Gasteiger partial charge is 0.315 e. The molecule has 0 bridgehead atoms. The maximum Gasteiger partial charge on any atom is 0.130 e. The lowest BCUT2D eigenvalue weighted by molar-refractivity contribution is 0.246. The highest BCUT2D eigenvalue weighted by atomic mass is 31.0. The second kappa shape index (κ2) is 3.76. The Morgan fingerprint density at radius 3 is 2.24 bits per heavy atom. The van der Waals surface area contributed by atoms with Gasteiger partial charge in [0, 0.05) is 24.4 Å². The first-order valence-corrected chi connectivity index (χ1v) is 6.90. The van der Waals surface area contributed by atoms with E-state index in [9.17, 15) is 4.39 Å². The zero-order valence-corrected chi connectivity index (χ0v) is 11.3. The predicted molar refractivity (Wildman–Crippen MR) is 72.2 cm³/mol. The number of nitrogens with one attached hydrogen (secondary N) is 1. The van der Waals surface area contributed by atoms with Crippen molar-refractivity contribution in [3.05, 3.63) is 35.4 Å². The lowest BCUT2D eigenvalue weighted by Crippen LogP contribution is -2.39. The minimum absolute atomic E-state index is 0.242. The molecule has 2 aliphatic rings. The lowest BCUT2D eigenvalue weighted by Gasteiger charge is -2.30. The minimum Gasteiger partial charge on any atom is -0.315 e. The standard InChI is InChI=1S/C14H19FNP/c1-13(15,17)14(6-7-14)12-4-2-10(3-5-12)11-8-16-9-11/h2-5,11,16H,6-9,17H2,1H3. The molecule has 1 saturated heterocycles. The molecule has 0 radical (unpaired) electrons. The van der Waals surface area contributed by atoms with E-state index in [0.717, 1.165) is 31.5 Å². The Morgan fingerprint density at radius 2 is 1.88 bits per heavy atom. The summed E-state index contributed by atoms with van der Waals surface area (Å²) < 4.78 is 14.2. The van der Waals surface area contributed by atoms with Crippen LogP contribution in [0.25, 0.3) is 0 Å². The highest BCUT2D eigenvalue weighted by Gasteiger charge is 2.56. The fourth-order valence-electron chi connectivity index (χ4n) is 2.78. The van der Waals surface area contributed by atoms with E-state index < -0.39 is 5.41 Å². The topological polar surface area (TPSA) is 12.0 Å². The van der Waals surface area contributed by atoms with Crippen molar-refractivity contribution in [3.8, 4) is 0 Å². The van der Waals surface area contributed by atoms with Gasteiger partial charge in [-0.25, -0.2) is 4.39 Å². The molecule has 17 heavy (non-hydrogen) atoms. The average Bonchev–Trinajstić information content (AvgIpc) is 2.95. The molecule has 92 valence electrons. The van der Waals surface area contributed by atoms with Crippen LogP contribution in [0.3, 0.4) is 0 Å². The summed E-state index contributed by atoms with van der Waals surface area (Å²) in [5.74, 6) is 0.659. The summed E-state index contributed by atoms with van der Waals surface area (Å²) in [6.07, 6.45) is 1.93. The Hall–Kier alpha value is -0.460. The maximum absolute atomic E-state index is 14.2. The van der Waals surface area contributed by atoms with Crippen LogP contribution in [0.5, 0.6) is 0 Å². The Labute approximate surface area is 104 Å². The number of hydrogen-bond acceptors (Lipinski definition) is 1. The van der Waals surface area contributed by atoms with E-state index in [1.54, 1.807) is 6.92 Å². The van der Waals surface area contributed by atoms with Crippen LogP contribution in [-0.2, 0) is 5.41 Å². The molecule has 0 aromatic heterocycles. The van der Waals surface area contributed by atoms with Gasteiger partial charge in [0.2, 0.25) is 0 Å². The fourth-order valence-corrected chi connectivity index (χ4v) is 3.24. The van der Waals surface area contributed by atoms with Crippen molar-refractivity contribution in [3.63, 3.8) is 0 Å². The minimum atomic E-state index is -1.19. The summed E-state index contributed by atoms with van der Waals surface area (Å²) in [4.78, 5) is 0. The Bertz CT molecular complexity index is 413. The van der Waals surface area contributed by atoms with Crippen LogP contribution in [0.2, 0.25) is 0 Å². The normalized spacial score (nSPS) is 26.1. The molecule has 2 fully saturated rings. The highest BCUT2D eigenvalue weighted by Crippen LogP contribution is 2.59. The number of benzene rings is 1. The van der Waals surface area contributed by atoms with E-state index in [2.05, 4.69) is 38.8 Å². The van der Waals surface area contributed by atoms with Gasteiger partial charge < -0.3 is 5.32 Å². The third-order valence-electron chi connectivity index (χ3n) is 4.40. The summed E-state index contributed by atoms with van der Waals surface area (Å²) in [5, 5.41) is 2.09. The monoisotopic (exact) mass is 251 g/mol. The van der Waals surface area contributed by atoms with Gasteiger partial charge in [0.15, 0.2) is 0 Å². The van der Waals surface area contributed by atoms with Crippen LogP contribution < -0.4 is 5.32 Å². The SMILES string of the molecule is CC(F)(P)C1(c2ccc(C3CNC3)cc2)CC1. The van der Waals surface area contributed by atoms with Crippen LogP contribution in [-0.4, -0.2) is 18.5 Å². The number of hydrogen-bond donors (Lipinski definition) is 1. The molecular formula is C14H19FNP. The van der Waals surface area contributed by atoms with E-state index in [-0.39, 0.29) is 5.41 Å². The molecule has 1 heterocycles. The summed E-state index contributed by atoms with van der Waals surface area (Å²) in [6, 6.07) is 8.61. The Morgan fingerprint density at radius 1 is 1.29 bits per heavy atom. The molecule has 3 heteroatoms. The van der Waals surface area contributed by atoms with Crippen molar-refractivity contribution in [1.82, 2.24) is 5.32 Å². The molecule has 3 rings (SSSR count). The van der Waals surface area contributed by atoms with Gasteiger partial charge in [-0.15, -0.1) is 0 Å². The number of halogens is 1. The van der Waals surface area contributed by atoms with E-state index in [1.807, 2.05) is 0 Å². The second-order valence-corrected chi connectivity index (χ2v) is 6.72. The molecule has 1 aliphatic heterocycles. The Balaban J connectivity index is 1.85.